The van der Waals surface area contributed by atoms with Crippen molar-refractivity contribution in [3.05, 3.63) is 33.0 Å². The Labute approximate surface area is 143 Å². The number of carbonyl (C=O) groups excluding carboxylic acids is 1. The highest BCUT2D eigenvalue weighted by atomic mass is 32.2. The number of thiophene rings is 1. The van der Waals surface area contributed by atoms with E-state index >= 15 is 0 Å². The highest BCUT2D eigenvalue weighted by molar-refractivity contribution is 7.89. The number of sulfonamides is 1. The maximum absolute atomic E-state index is 12.3. The molecule has 1 aliphatic rings. The molecule has 9 heteroatoms. The van der Waals surface area contributed by atoms with Crippen molar-refractivity contribution in [2.75, 3.05) is 11.9 Å². The minimum absolute atomic E-state index is 0.183. The summed E-state index contributed by atoms with van der Waals surface area (Å²) < 4.78 is 26.1. The van der Waals surface area contributed by atoms with Crippen molar-refractivity contribution < 1.29 is 13.2 Å². The highest BCUT2D eigenvalue weighted by Gasteiger charge is 2.31. The lowest BCUT2D eigenvalue weighted by Crippen LogP contribution is -2.39. The van der Waals surface area contributed by atoms with Crippen LogP contribution in [0, 0.1) is 0 Å². The molecule has 0 bridgehead atoms. The molecule has 2 aromatic rings. The summed E-state index contributed by atoms with van der Waals surface area (Å²) in [6, 6.07) is 3.57. The van der Waals surface area contributed by atoms with E-state index in [0.717, 1.165) is 10.6 Å². The molecular formula is C14H17N3O3S3. The highest BCUT2D eigenvalue weighted by Crippen LogP contribution is 2.30. The molecule has 6 nitrogen and oxygen atoms in total. The number of hydrogen-bond acceptors (Lipinski definition) is 6. The fraction of sp³-hybridized carbons (Fsp3) is 0.429. The van der Waals surface area contributed by atoms with Crippen LogP contribution in [-0.2, 0) is 23.0 Å². The van der Waals surface area contributed by atoms with E-state index < -0.39 is 15.3 Å². The molecule has 0 aliphatic carbocycles. The monoisotopic (exact) mass is 371 g/mol. The third-order valence-corrected chi connectivity index (χ3v) is 7.71. The van der Waals surface area contributed by atoms with E-state index in [2.05, 4.69) is 10.3 Å². The molecule has 0 atom stereocenters. The smallest absolute Gasteiger partial charge is 0.267 e. The zero-order chi connectivity index (χ0) is 16.6. The Morgan fingerprint density at radius 2 is 2.22 bits per heavy atom. The summed E-state index contributed by atoms with van der Waals surface area (Å²) in [5, 5.41) is 4.72. The van der Waals surface area contributed by atoms with Gasteiger partial charge in [-0.2, -0.15) is 4.31 Å². The van der Waals surface area contributed by atoms with Gasteiger partial charge in [0.25, 0.3) is 5.91 Å². The summed E-state index contributed by atoms with van der Waals surface area (Å²) in [7, 11) is -3.27. The second-order valence-electron chi connectivity index (χ2n) is 5.50. The number of nitrogens with one attached hydrogen (secondary N) is 1. The third-order valence-electron chi connectivity index (χ3n) is 3.62. The van der Waals surface area contributed by atoms with Crippen LogP contribution in [0.1, 0.15) is 34.1 Å². The predicted molar refractivity (Wildman–Crippen MR) is 92.6 cm³/mol. The Balaban J connectivity index is 1.75. The van der Waals surface area contributed by atoms with Gasteiger partial charge in [0.15, 0.2) is 5.13 Å². The fourth-order valence-corrected chi connectivity index (χ4v) is 5.28. The Bertz CT molecular complexity index is 810. The first-order valence-corrected chi connectivity index (χ1v) is 10.4. The van der Waals surface area contributed by atoms with E-state index in [0.29, 0.717) is 29.5 Å². The first-order chi connectivity index (χ1) is 10.9. The maximum atomic E-state index is 12.3. The minimum atomic E-state index is -3.27. The predicted octanol–water partition coefficient (Wildman–Crippen LogP) is 2.55. The number of carbonyl (C=O) groups is 1. The molecule has 0 aromatic carbocycles. The maximum Gasteiger partial charge on any atom is 0.267 e. The van der Waals surface area contributed by atoms with Crippen LogP contribution in [0.15, 0.2) is 17.5 Å². The molecule has 3 heterocycles. The van der Waals surface area contributed by atoms with Crippen LogP contribution in [0.2, 0.25) is 0 Å². The van der Waals surface area contributed by atoms with Crippen molar-refractivity contribution in [1.29, 1.82) is 0 Å². The number of rotatable bonds is 4. The van der Waals surface area contributed by atoms with E-state index in [1.54, 1.807) is 19.9 Å². The van der Waals surface area contributed by atoms with Gasteiger partial charge in [-0.1, -0.05) is 6.07 Å². The van der Waals surface area contributed by atoms with Gasteiger partial charge in [-0.25, -0.2) is 13.4 Å². The number of hydrogen-bond donors (Lipinski definition) is 1. The molecule has 1 amide bonds. The Kier molecular flexibility index (Phi) is 4.54. The quantitative estimate of drug-likeness (QED) is 0.896. The molecular weight excluding hydrogens is 354 g/mol. The summed E-state index contributed by atoms with van der Waals surface area (Å²) in [4.78, 5) is 18.0. The van der Waals surface area contributed by atoms with Crippen molar-refractivity contribution >= 4 is 43.7 Å². The summed E-state index contributed by atoms with van der Waals surface area (Å²) in [5.41, 5.74) is 0.881. The zero-order valence-corrected chi connectivity index (χ0v) is 15.2. The lowest BCUT2D eigenvalue weighted by Gasteiger charge is -2.26. The van der Waals surface area contributed by atoms with Crippen molar-refractivity contribution in [2.45, 2.75) is 32.1 Å². The molecule has 1 aliphatic heterocycles. The number of anilines is 1. The number of amides is 1. The Hall–Kier alpha value is -1.29. The van der Waals surface area contributed by atoms with Crippen LogP contribution in [0.4, 0.5) is 5.13 Å². The van der Waals surface area contributed by atoms with Crippen molar-refractivity contribution in [3.8, 4) is 0 Å². The number of aromatic nitrogens is 1. The second-order valence-corrected chi connectivity index (χ2v) is 10.0. The molecule has 0 saturated heterocycles. The van der Waals surface area contributed by atoms with E-state index in [4.69, 9.17) is 0 Å². The van der Waals surface area contributed by atoms with E-state index in [1.165, 1.54) is 27.0 Å². The van der Waals surface area contributed by atoms with Gasteiger partial charge < -0.3 is 0 Å². The number of thiazole rings is 1. The lowest BCUT2D eigenvalue weighted by molar-refractivity contribution is 0.103. The van der Waals surface area contributed by atoms with Gasteiger partial charge in [-0.05, 0) is 25.3 Å². The number of nitrogens with zero attached hydrogens (tertiary/aromatic N) is 2. The minimum Gasteiger partial charge on any atom is -0.297 e. The van der Waals surface area contributed by atoms with Crippen LogP contribution in [0.5, 0.6) is 0 Å². The van der Waals surface area contributed by atoms with Crippen molar-refractivity contribution in [2.24, 2.45) is 0 Å². The van der Waals surface area contributed by atoms with Gasteiger partial charge in [-0.3, -0.25) is 10.1 Å². The standard InChI is InChI=1S/C14H17N3O3S3/c1-9(2)23(19,20)17-6-5-10-12(8-17)22-14(15-10)16-13(18)11-4-3-7-21-11/h3-4,7,9H,5-6,8H2,1-2H3,(H,15,16,18). The third kappa shape index (κ3) is 3.32. The molecule has 1 N–H and O–H groups in total. The van der Waals surface area contributed by atoms with Gasteiger partial charge >= 0.3 is 0 Å². The van der Waals surface area contributed by atoms with E-state index in [9.17, 15) is 13.2 Å². The largest absolute Gasteiger partial charge is 0.297 e. The van der Waals surface area contributed by atoms with Crippen molar-refractivity contribution in [3.63, 3.8) is 0 Å². The number of fused-ring (bicyclic) bond motifs is 1. The molecule has 3 rings (SSSR count). The van der Waals surface area contributed by atoms with Gasteiger partial charge in [0.1, 0.15) is 0 Å². The molecule has 124 valence electrons. The van der Waals surface area contributed by atoms with Crippen molar-refractivity contribution in [1.82, 2.24) is 9.29 Å². The first-order valence-electron chi connectivity index (χ1n) is 7.20. The molecule has 0 radical (unpaired) electrons. The Morgan fingerprint density at radius 1 is 1.43 bits per heavy atom. The average molecular weight is 372 g/mol. The van der Waals surface area contributed by atoms with Crippen LogP contribution in [0.25, 0.3) is 0 Å². The Morgan fingerprint density at radius 3 is 2.87 bits per heavy atom. The van der Waals surface area contributed by atoms with Crippen LogP contribution in [0.3, 0.4) is 0 Å². The van der Waals surface area contributed by atoms with Crippen LogP contribution in [-0.4, -0.2) is 35.4 Å². The molecule has 23 heavy (non-hydrogen) atoms. The molecule has 0 spiro atoms. The van der Waals surface area contributed by atoms with E-state index in [1.807, 2.05) is 11.4 Å². The summed E-state index contributed by atoms with van der Waals surface area (Å²) in [6.07, 6.45) is 0.576. The topological polar surface area (TPSA) is 79.4 Å². The fourth-order valence-electron chi connectivity index (χ4n) is 2.31. The molecule has 2 aromatic heterocycles. The first kappa shape index (κ1) is 16.6. The molecule has 0 fully saturated rings. The van der Waals surface area contributed by atoms with Gasteiger partial charge in [0, 0.05) is 24.4 Å². The molecule has 0 saturated carbocycles. The van der Waals surface area contributed by atoms with Gasteiger partial charge in [-0.15, -0.1) is 22.7 Å². The van der Waals surface area contributed by atoms with E-state index in [-0.39, 0.29) is 5.91 Å². The summed E-state index contributed by atoms with van der Waals surface area (Å²) in [6.45, 7) is 4.15. The SMILES string of the molecule is CC(C)S(=O)(=O)N1CCc2nc(NC(=O)c3cccs3)sc2C1. The van der Waals surface area contributed by atoms with Gasteiger partial charge in [0.2, 0.25) is 10.0 Å². The molecule has 0 unspecified atom stereocenters. The zero-order valence-electron chi connectivity index (χ0n) is 12.8. The van der Waals surface area contributed by atoms with Crippen LogP contribution < -0.4 is 5.32 Å². The summed E-state index contributed by atoms with van der Waals surface area (Å²) >= 11 is 2.72. The summed E-state index contributed by atoms with van der Waals surface area (Å²) in [5.74, 6) is -0.183. The normalized spacial score (nSPS) is 15.6. The lowest BCUT2D eigenvalue weighted by atomic mass is 10.2. The van der Waals surface area contributed by atoms with Crippen LogP contribution >= 0.6 is 22.7 Å². The second kappa shape index (κ2) is 6.31. The van der Waals surface area contributed by atoms with Gasteiger partial charge in [0.05, 0.1) is 15.8 Å². The average Bonchev–Trinajstić information content (AvgIpc) is 3.15.